The van der Waals surface area contributed by atoms with Crippen molar-refractivity contribution >= 4 is 11.4 Å². The topological polar surface area (TPSA) is 38.5 Å². The molecule has 1 saturated heterocycles. The van der Waals surface area contributed by atoms with E-state index in [0.29, 0.717) is 0 Å². The van der Waals surface area contributed by atoms with Gasteiger partial charge in [-0.1, -0.05) is 6.07 Å². The van der Waals surface area contributed by atoms with Gasteiger partial charge in [-0.25, -0.2) is 0 Å². The highest BCUT2D eigenvalue weighted by atomic mass is 16.5. The first-order valence-electron chi connectivity index (χ1n) is 6.17. The smallest absolute Gasteiger partial charge is 0.0805 e. The lowest BCUT2D eigenvalue weighted by Crippen LogP contribution is -2.52. The molecule has 2 N–H and O–H groups in total. The minimum Gasteiger partial charge on any atom is -0.398 e. The Morgan fingerprint density at radius 2 is 2.12 bits per heavy atom. The Bertz CT molecular complexity index is 415. The molecular weight excluding hydrogens is 212 g/mol. The zero-order valence-corrected chi connectivity index (χ0v) is 11.2. The molecule has 2 rings (SSSR count). The van der Waals surface area contributed by atoms with E-state index >= 15 is 0 Å². The zero-order chi connectivity index (χ0) is 12.6. The van der Waals surface area contributed by atoms with Gasteiger partial charge >= 0.3 is 0 Å². The zero-order valence-electron chi connectivity index (χ0n) is 11.2. The van der Waals surface area contributed by atoms with Crippen LogP contribution in [0.15, 0.2) is 18.2 Å². The molecule has 0 amide bonds. The lowest BCUT2D eigenvalue weighted by Gasteiger charge is -2.43. The van der Waals surface area contributed by atoms with Crippen LogP contribution in [0.4, 0.5) is 11.4 Å². The number of hydrogen-bond donors (Lipinski definition) is 1. The number of benzene rings is 1. The molecule has 1 fully saturated rings. The van der Waals surface area contributed by atoms with E-state index in [1.165, 1.54) is 5.69 Å². The normalized spacial score (nSPS) is 23.8. The van der Waals surface area contributed by atoms with Crippen molar-refractivity contribution in [3.8, 4) is 0 Å². The maximum absolute atomic E-state index is 5.97. The lowest BCUT2D eigenvalue weighted by atomic mass is 10.0. The Hall–Kier alpha value is -1.22. The van der Waals surface area contributed by atoms with E-state index in [0.717, 1.165) is 24.3 Å². The third-order valence-corrected chi connectivity index (χ3v) is 3.26. The lowest BCUT2D eigenvalue weighted by molar-refractivity contribution is -0.0749. The second kappa shape index (κ2) is 4.22. The number of ether oxygens (including phenoxy) is 1. The minimum absolute atomic E-state index is 0.102. The van der Waals surface area contributed by atoms with E-state index in [2.05, 4.69) is 38.7 Å². The van der Waals surface area contributed by atoms with Crippen molar-refractivity contribution in [2.75, 3.05) is 23.7 Å². The van der Waals surface area contributed by atoms with Crippen LogP contribution >= 0.6 is 0 Å². The second-order valence-corrected chi connectivity index (χ2v) is 5.56. The fourth-order valence-electron chi connectivity index (χ4n) is 2.62. The Morgan fingerprint density at radius 3 is 2.76 bits per heavy atom. The summed E-state index contributed by atoms with van der Waals surface area (Å²) in [6.45, 7) is 10.3. The number of hydrogen-bond acceptors (Lipinski definition) is 3. The fourth-order valence-corrected chi connectivity index (χ4v) is 2.62. The van der Waals surface area contributed by atoms with E-state index in [1.54, 1.807) is 0 Å². The summed E-state index contributed by atoms with van der Waals surface area (Å²) in [4.78, 5) is 2.37. The molecule has 3 nitrogen and oxygen atoms in total. The third kappa shape index (κ3) is 2.55. The molecule has 0 saturated carbocycles. The van der Waals surface area contributed by atoms with Crippen LogP contribution in [0.2, 0.25) is 0 Å². The standard InChI is InChI=1S/C14H22N2O/c1-10-8-16(9-14(3,4)17-10)13-7-5-6-12(15)11(13)2/h5-7,10H,8-9,15H2,1-4H3. The van der Waals surface area contributed by atoms with Gasteiger partial charge in [0.1, 0.15) is 0 Å². The molecule has 0 bridgehead atoms. The van der Waals surface area contributed by atoms with Gasteiger partial charge < -0.3 is 15.4 Å². The van der Waals surface area contributed by atoms with Crippen LogP contribution in [0.25, 0.3) is 0 Å². The fraction of sp³-hybridized carbons (Fsp3) is 0.571. The highest BCUT2D eigenvalue weighted by Gasteiger charge is 2.31. The van der Waals surface area contributed by atoms with Gasteiger partial charge in [-0.3, -0.25) is 0 Å². The van der Waals surface area contributed by atoms with Gasteiger partial charge in [0.2, 0.25) is 0 Å². The maximum atomic E-state index is 5.97. The second-order valence-electron chi connectivity index (χ2n) is 5.56. The molecule has 0 radical (unpaired) electrons. The van der Waals surface area contributed by atoms with Crippen molar-refractivity contribution in [3.63, 3.8) is 0 Å². The average Bonchev–Trinajstić information content (AvgIpc) is 2.19. The van der Waals surface area contributed by atoms with E-state index < -0.39 is 0 Å². The molecule has 1 aliphatic rings. The van der Waals surface area contributed by atoms with Crippen molar-refractivity contribution < 1.29 is 4.74 Å². The summed E-state index contributed by atoms with van der Waals surface area (Å²) >= 11 is 0. The number of anilines is 2. The Balaban J connectivity index is 2.30. The Kier molecular flexibility index (Phi) is 3.04. The number of morpholine rings is 1. The highest BCUT2D eigenvalue weighted by molar-refractivity contribution is 5.64. The summed E-state index contributed by atoms with van der Waals surface area (Å²) < 4.78 is 5.92. The largest absolute Gasteiger partial charge is 0.398 e. The van der Waals surface area contributed by atoms with Gasteiger partial charge in [0.15, 0.2) is 0 Å². The molecule has 17 heavy (non-hydrogen) atoms. The summed E-state index contributed by atoms with van der Waals surface area (Å²) in [5.74, 6) is 0. The van der Waals surface area contributed by atoms with E-state index in [4.69, 9.17) is 10.5 Å². The molecular formula is C14H22N2O. The first-order valence-corrected chi connectivity index (χ1v) is 6.17. The van der Waals surface area contributed by atoms with Crippen LogP contribution in [0.1, 0.15) is 26.3 Å². The molecule has 0 spiro atoms. The van der Waals surface area contributed by atoms with Gasteiger partial charge in [-0.05, 0) is 45.4 Å². The van der Waals surface area contributed by atoms with Gasteiger partial charge in [0, 0.05) is 24.5 Å². The molecule has 0 aromatic heterocycles. The number of nitrogen functional groups attached to an aromatic ring is 1. The predicted molar refractivity (Wildman–Crippen MR) is 72.4 cm³/mol. The number of nitrogens with two attached hydrogens (primary N) is 1. The van der Waals surface area contributed by atoms with Crippen LogP contribution in [0, 0.1) is 6.92 Å². The van der Waals surface area contributed by atoms with Crippen molar-refractivity contribution in [2.45, 2.75) is 39.4 Å². The van der Waals surface area contributed by atoms with Crippen LogP contribution in [0.3, 0.4) is 0 Å². The first-order chi connectivity index (χ1) is 7.89. The summed E-state index contributed by atoms with van der Waals surface area (Å²) in [5.41, 5.74) is 9.12. The summed E-state index contributed by atoms with van der Waals surface area (Å²) in [6.07, 6.45) is 0.250. The summed E-state index contributed by atoms with van der Waals surface area (Å²) in [6, 6.07) is 6.11. The van der Waals surface area contributed by atoms with Crippen molar-refractivity contribution in [2.24, 2.45) is 0 Å². The molecule has 0 aliphatic carbocycles. The van der Waals surface area contributed by atoms with Crippen LogP contribution in [-0.2, 0) is 4.74 Å². The van der Waals surface area contributed by atoms with Crippen LogP contribution in [0.5, 0.6) is 0 Å². The van der Waals surface area contributed by atoms with Gasteiger partial charge in [-0.2, -0.15) is 0 Å². The molecule has 1 heterocycles. The molecule has 94 valence electrons. The minimum atomic E-state index is -0.102. The predicted octanol–water partition coefficient (Wildman–Crippen LogP) is 2.58. The SMILES string of the molecule is Cc1c(N)cccc1N1CC(C)OC(C)(C)C1. The highest BCUT2D eigenvalue weighted by Crippen LogP contribution is 2.30. The van der Waals surface area contributed by atoms with Crippen molar-refractivity contribution in [3.05, 3.63) is 23.8 Å². The first kappa shape index (κ1) is 12.2. The molecule has 1 aromatic carbocycles. The van der Waals surface area contributed by atoms with E-state index in [-0.39, 0.29) is 11.7 Å². The summed E-state index contributed by atoms with van der Waals surface area (Å²) in [7, 11) is 0. The number of nitrogens with zero attached hydrogens (tertiary/aromatic N) is 1. The molecule has 1 unspecified atom stereocenters. The quantitative estimate of drug-likeness (QED) is 0.759. The van der Waals surface area contributed by atoms with Gasteiger partial charge in [0.05, 0.1) is 11.7 Å². The van der Waals surface area contributed by atoms with Gasteiger partial charge in [-0.15, -0.1) is 0 Å². The Labute approximate surface area is 104 Å². The monoisotopic (exact) mass is 234 g/mol. The number of rotatable bonds is 1. The average molecular weight is 234 g/mol. The Morgan fingerprint density at radius 1 is 1.41 bits per heavy atom. The molecule has 1 aliphatic heterocycles. The maximum Gasteiger partial charge on any atom is 0.0805 e. The molecule has 1 atom stereocenters. The van der Waals surface area contributed by atoms with Crippen molar-refractivity contribution in [1.82, 2.24) is 0 Å². The third-order valence-electron chi connectivity index (χ3n) is 3.26. The van der Waals surface area contributed by atoms with E-state index in [1.807, 2.05) is 12.1 Å². The molecule has 1 aromatic rings. The summed E-state index contributed by atoms with van der Waals surface area (Å²) in [5, 5.41) is 0. The van der Waals surface area contributed by atoms with E-state index in [9.17, 15) is 0 Å². The van der Waals surface area contributed by atoms with Crippen molar-refractivity contribution in [1.29, 1.82) is 0 Å². The molecule has 3 heteroatoms. The van der Waals surface area contributed by atoms with Gasteiger partial charge in [0.25, 0.3) is 0 Å². The van der Waals surface area contributed by atoms with Crippen LogP contribution < -0.4 is 10.6 Å². The van der Waals surface area contributed by atoms with Crippen LogP contribution in [-0.4, -0.2) is 24.8 Å².